The smallest absolute Gasteiger partial charge is 0.262 e. The molecular formula is C17H12Br2N2O4. The summed E-state index contributed by atoms with van der Waals surface area (Å²) in [6.45, 7) is 1.78. The van der Waals surface area contributed by atoms with Crippen LogP contribution in [0.4, 0.5) is 0 Å². The summed E-state index contributed by atoms with van der Waals surface area (Å²) in [5.41, 5.74) is 1.60. The van der Waals surface area contributed by atoms with Crippen LogP contribution in [0.15, 0.2) is 21.1 Å². The summed E-state index contributed by atoms with van der Waals surface area (Å²) in [5.74, 6) is -1.41. The Morgan fingerprint density at radius 2 is 1.76 bits per heavy atom. The monoisotopic (exact) mass is 466 g/mol. The van der Waals surface area contributed by atoms with Crippen molar-refractivity contribution in [2.75, 3.05) is 14.1 Å². The van der Waals surface area contributed by atoms with Crippen LogP contribution >= 0.6 is 31.9 Å². The molecule has 0 aliphatic carbocycles. The number of hydrogen-bond donors (Lipinski definition) is 0. The fraction of sp³-hybridized carbons (Fsp3) is 0.176. The predicted octanol–water partition coefficient (Wildman–Crippen LogP) is 3.13. The van der Waals surface area contributed by atoms with Crippen LogP contribution < -0.4 is 0 Å². The molecule has 1 heterocycles. The maximum absolute atomic E-state index is 12.6. The number of halogens is 2. The largest absolute Gasteiger partial charge is 0.284 e. The number of aryl methyl sites for hydroxylation is 1. The molecule has 0 saturated heterocycles. The van der Waals surface area contributed by atoms with Gasteiger partial charge in [0, 0.05) is 44.9 Å². The SMILES string of the molecule is Cc1c(Br)cc2c3c(c(Br)cc(C(=O)N(C)C=O)c13)C(=O)N(C)C2=O. The van der Waals surface area contributed by atoms with Crippen LogP contribution in [0.3, 0.4) is 0 Å². The standard InChI is InChI=1S/C17H12Br2N2O4/c1-7-10(18)4-9-13-12(7)8(15(23)20(2)6-22)5-11(19)14(13)17(25)21(3)16(9)24/h4-6H,1-3H3. The molecule has 0 saturated carbocycles. The number of carbonyl (C=O) groups is 4. The normalized spacial score (nSPS) is 13.4. The van der Waals surface area contributed by atoms with E-state index in [-0.39, 0.29) is 5.56 Å². The van der Waals surface area contributed by atoms with Crippen molar-refractivity contribution in [3.05, 3.63) is 43.3 Å². The van der Waals surface area contributed by atoms with Gasteiger partial charge in [-0.25, -0.2) is 0 Å². The van der Waals surface area contributed by atoms with Gasteiger partial charge in [0.2, 0.25) is 6.41 Å². The van der Waals surface area contributed by atoms with Crippen molar-refractivity contribution in [1.29, 1.82) is 0 Å². The molecule has 1 aliphatic rings. The average Bonchev–Trinajstić information content (AvgIpc) is 2.59. The van der Waals surface area contributed by atoms with Gasteiger partial charge in [0.15, 0.2) is 0 Å². The molecule has 8 heteroatoms. The molecule has 2 aromatic carbocycles. The lowest BCUT2D eigenvalue weighted by molar-refractivity contribution is -0.115. The summed E-state index contributed by atoms with van der Waals surface area (Å²) in [5, 5.41) is 0.905. The Balaban J connectivity index is 2.56. The van der Waals surface area contributed by atoms with Gasteiger partial charge in [-0.1, -0.05) is 15.9 Å². The van der Waals surface area contributed by atoms with Gasteiger partial charge in [0.1, 0.15) is 0 Å². The fourth-order valence-electron chi connectivity index (χ4n) is 2.96. The van der Waals surface area contributed by atoms with Crippen LogP contribution in [-0.2, 0) is 4.79 Å². The van der Waals surface area contributed by atoms with Crippen LogP contribution in [0.1, 0.15) is 36.6 Å². The predicted molar refractivity (Wildman–Crippen MR) is 98.7 cm³/mol. The van der Waals surface area contributed by atoms with Crippen molar-refractivity contribution in [1.82, 2.24) is 9.80 Å². The maximum Gasteiger partial charge on any atom is 0.262 e. The molecule has 25 heavy (non-hydrogen) atoms. The van der Waals surface area contributed by atoms with Crippen molar-refractivity contribution in [3.63, 3.8) is 0 Å². The summed E-state index contributed by atoms with van der Waals surface area (Å²) in [7, 11) is 2.77. The Morgan fingerprint density at radius 1 is 1.12 bits per heavy atom. The van der Waals surface area contributed by atoms with Crippen molar-refractivity contribution in [2.45, 2.75) is 6.92 Å². The number of nitrogens with zero attached hydrogens (tertiary/aromatic N) is 2. The first-order valence-electron chi connectivity index (χ1n) is 7.20. The zero-order chi connectivity index (χ0) is 18.6. The number of carbonyl (C=O) groups excluding carboxylic acids is 4. The number of rotatable bonds is 2. The minimum absolute atomic E-state index is 0.241. The maximum atomic E-state index is 12.6. The van der Waals surface area contributed by atoms with Gasteiger partial charge in [-0.3, -0.25) is 29.0 Å². The first-order chi connectivity index (χ1) is 11.7. The van der Waals surface area contributed by atoms with E-state index in [0.717, 1.165) is 9.80 Å². The summed E-state index contributed by atoms with van der Waals surface area (Å²) >= 11 is 6.75. The van der Waals surface area contributed by atoms with Crippen molar-refractivity contribution in [3.8, 4) is 0 Å². The first-order valence-corrected chi connectivity index (χ1v) is 8.79. The van der Waals surface area contributed by atoms with E-state index in [9.17, 15) is 19.2 Å². The lowest BCUT2D eigenvalue weighted by Crippen LogP contribution is -2.37. The molecule has 0 unspecified atom stereocenters. The second kappa shape index (κ2) is 6.03. The Hall–Kier alpha value is -2.06. The average molecular weight is 468 g/mol. The number of amides is 4. The quantitative estimate of drug-likeness (QED) is 0.502. The Morgan fingerprint density at radius 3 is 2.36 bits per heavy atom. The van der Waals surface area contributed by atoms with Crippen LogP contribution in [-0.4, -0.2) is 48.0 Å². The minimum Gasteiger partial charge on any atom is -0.284 e. The van der Waals surface area contributed by atoms with Crippen LogP contribution in [0.2, 0.25) is 0 Å². The summed E-state index contributed by atoms with van der Waals surface area (Å²) in [6.07, 6.45) is 0.417. The number of imide groups is 2. The van der Waals surface area contributed by atoms with E-state index in [1.807, 2.05) is 0 Å². The van der Waals surface area contributed by atoms with Crippen molar-refractivity contribution in [2.24, 2.45) is 0 Å². The summed E-state index contributed by atoms with van der Waals surface area (Å²) in [4.78, 5) is 50.8. The third-order valence-corrected chi connectivity index (χ3v) is 5.76. The lowest BCUT2D eigenvalue weighted by Gasteiger charge is -2.27. The van der Waals surface area contributed by atoms with E-state index in [1.54, 1.807) is 13.0 Å². The zero-order valence-corrected chi connectivity index (χ0v) is 16.7. The molecule has 0 aromatic heterocycles. The third-order valence-electron chi connectivity index (χ3n) is 4.32. The molecule has 2 aromatic rings. The highest BCUT2D eigenvalue weighted by Crippen LogP contribution is 2.40. The van der Waals surface area contributed by atoms with E-state index in [2.05, 4.69) is 31.9 Å². The Kier molecular flexibility index (Phi) is 4.28. The van der Waals surface area contributed by atoms with E-state index >= 15 is 0 Å². The fourth-order valence-corrected chi connectivity index (χ4v) is 3.98. The summed E-state index contributed by atoms with van der Waals surface area (Å²) < 4.78 is 1.04. The molecule has 0 radical (unpaired) electrons. The van der Waals surface area contributed by atoms with E-state index in [0.29, 0.717) is 42.8 Å². The first kappa shape index (κ1) is 17.8. The number of hydrogen-bond acceptors (Lipinski definition) is 4. The number of benzene rings is 2. The Labute approximate surface area is 160 Å². The second-order valence-corrected chi connectivity index (χ2v) is 7.46. The molecule has 6 nitrogen and oxygen atoms in total. The Bertz CT molecular complexity index is 1000. The van der Waals surface area contributed by atoms with Crippen LogP contribution in [0.5, 0.6) is 0 Å². The van der Waals surface area contributed by atoms with E-state index in [4.69, 9.17) is 0 Å². The molecule has 0 N–H and O–H groups in total. The highest BCUT2D eigenvalue weighted by atomic mass is 79.9. The van der Waals surface area contributed by atoms with Gasteiger partial charge in [0.05, 0.1) is 5.56 Å². The molecular weight excluding hydrogens is 456 g/mol. The van der Waals surface area contributed by atoms with Gasteiger partial charge in [-0.2, -0.15) is 0 Å². The summed E-state index contributed by atoms with van der Waals surface area (Å²) in [6, 6.07) is 3.17. The molecule has 0 atom stereocenters. The van der Waals surface area contributed by atoms with E-state index < -0.39 is 17.7 Å². The van der Waals surface area contributed by atoms with Crippen LogP contribution in [0, 0.1) is 6.92 Å². The van der Waals surface area contributed by atoms with Crippen LogP contribution in [0.25, 0.3) is 10.8 Å². The van der Waals surface area contributed by atoms with Crippen molar-refractivity contribution >= 4 is 66.8 Å². The third kappa shape index (κ3) is 2.43. The highest BCUT2D eigenvalue weighted by molar-refractivity contribution is 9.10. The highest BCUT2D eigenvalue weighted by Gasteiger charge is 2.35. The topological polar surface area (TPSA) is 74.8 Å². The molecule has 4 amide bonds. The minimum atomic E-state index is -0.520. The molecule has 0 spiro atoms. The second-order valence-electron chi connectivity index (χ2n) is 5.75. The molecule has 1 aliphatic heterocycles. The van der Waals surface area contributed by atoms with E-state index in [1.165, 1.54) is 20.2 Å². The van der Waals surface area contributed by atoms with Gasteiger partial charge >= 0.3 is 0 Å². The lowest BCUT2D eigenvalue weighted by atomic mass is 9.88. The van der Waals surface area contributed by atoms with Crippen molar-refractivity contribution < 1.29 is 19.2 Å². The zero-order valence-electron chi connectivity index (χ0n) is 13.5. The van der Waals surface area contributed by atoms with Gasteiger partial charge in [-0.15, -0.1) is 0 Å². The van der Waals surface area contributed by atoms with Gasteiger partial charge < -0.3 is 0 Å². The molecule has 3 rings (SSSR count). The van der Waals surface area contributed by atoms with Gasteiger partial charge in [-0.05, 0) is 40.5 Å². The molecule has 0 fully saturated rings. The van der Waals surface area contributed by atoms with Gasteiger partial charge in [0.25, 0.3) is 17.7 Å². The molecule has 128 valence electrons. The molecule has 0 bridgehead atoms.